The lowest BCUT2D eigenvalue weighted by Crippen LogP contribution is -2.04. The molecule has 0 fully saturated rings. The minimum Gasteiger partial charge on any atom is -0.478 e. The maximum atomic E-state index is 10.8. The third-order valence-corrected chi connectivity index (χ3v) is 3.92. The van der Waals surface area contributed by atoms with E-state index in [2.05, 4.69) is 6.92 Å². The lowest BCUT2D eigenvalue weighted by Gasteiger charge is -2.08. The molecule has 3 nitrogen and oxygen atoms in total. The van der Waals surface area contributed by atoms with E-state index in [4.69, 9.17) is 5.11 Å². The standard InChI is InChI=1S/C10H14O3S2/c1-2-14-5-4-8(11)9-7(10(12)13)3-6-15-9/h3,6,8,11H,2,4-5H2,1H3,(H,12,13). The van der Waals surface area contributed by atoms with Crippen molar-refractivity contribution >= 4 is 29.1 Å². The summed E-state index contributed by atoms with van der Waals surface area (Å²) >= 11 is 3.05. The van der Waals surface area contributed by atoms with E-state index in [-0.39, 0.29) is 5.56 Å². The van der Waals surface area contributed by atoms with Crippen molar-refractivity contribution in [2.24, 2.45) is 0 Å². The van der Waals surface area contributed by atoms with E-state index in [0.29, 0.717) is 11.3 Å². The van der Waals surface area contributed by atoms with E-state index in [9.17, 15) is 9.90 Å². The second-order valence-corrected chi connectivity index (χ2v) is 5.35. The van der Waals surface area contributed by atoms with Crippen molar-refractivity contribution in [3.8, 4) is 0 Å². The first-order chi connectivity index (χ1) is 7.16. The number of hydrogen-bond donors (Lipinski definition) is 2. The van der Waals surface area contributed by atoms with Crippen LogP contribution in [0.4, 0.5) is 0 Å². The van der Waals surface area contributed by atoms with Gasteiger partial charge in [-0.05, 0) is 29.4 Å². The Labute approximate surface area is 97.1 Å². The quantitative estimate of drug-likeness (QED) is 0.758. The molecule has 0 aromatic carbocycles. The fourth-order valence-electron chi connectivity index (χ4n) is 1.23. The zero-order valence-corrected chi connectivity index (χ0v) is 10.1. The van der Waals surface area contributed by atoms with Crippen molar-refractivity contribution in [3.63, 3.8) is 0 Å². The fourth-order valence-corrected chi connectivity index (χ4v) is 2.81. The van der Waals surface area contributed by atoms with Gasteiger partial charge < -0.3 is 10.2 Å². The normalized spacial score (nSPS) is 12.7. The minimum absolute atomic E-state index is 0.231. The zero-order valence-electron chi connectivity index (χ0n) is 8.47. The Hall–Kier alpha value is -0.520. The first-order valence-corrected chi connectivity index (χ1v) is 6.76. The van der Waals surface area contributed by atoms with Gasteiger partial charge in [0, 0.05) is 4.88 Å². The van der Waals surface area contributed by atoms with Gasteiger partial charge in [0.15, 0.2) is 0 Å². The molecular formula is C10H14O3S2. The van der Waals surface area contributed by atoms with Crippen LogP contribution < -0.4 is 0 Å². The molecule has 84 valence electrons. The highest BCUT2D eigenvalue weighted by Crippen LogP contribution is 2.27. The van der Waals surface area contributed by atoms with Gasteiger partial charge in [-0.25, -0.2) is 4.79 Å². The molecule has 0 aliphatic carbocycles. The van der Waals surface area contributed by atoms with Crippen LogP contribution in [-0.2, 0) is 0 Å². The molecule has 0 amide bonds. The summed E-state index contributed by atoms with van der Waals surface area (Å²) in [4.78, 5) is 11.4. The molecule has 0 spiro atoms. The molecule has 0 radical (unpaired) electrons. The molecular weight excluding hydrogens is 232 g/mol. The van der Waals surface area contributed by atoms with E-state index >= 15 is 0 Å². The number of carboxylic acids is 1. The maximum absolute atomic E-state index is 10.8. The van der Waals surface area contributed by atoms with Gasteiger partial charge in [-0.3, -0.25) is 0 Å². The van der Waals surface area contributed by atoms with Gasteiger partial charge in [-0.15, -0.1) is 11.3 Å². The highest BCUT2D eigenvalue weighted by Gasteiger charge is 2.17. The van der Waals surface area contributed by atoms with Crippen LogP contribution in [0.15, 0.2) is 11.4 Å². The summed E-state index contributed by atoms with van der Waals surface area (Å²) in [6.07, 6.45) is -0.0330. The van der Waals surface area contributed by atoms with Crippen molar-refractivity contribution in [3.05, 3.63) is 21.9 Å². The van der Waals surface area contributed by atoms with Crippen molar-refractivity contribution in [2.75, 3.05) is 11.5 Å². The second kappa shape index (κ2) is 6.15. The number of carbonyl (C=O) groups is 1. The summed E-state index contributed by atoms with van der Waals surface area (Å²) in [7, 11) is 0. The molecule has 15 heavy (non-hydrogen) atoms. The lowest BCUT2D eigenvalue weighted by atomic mass is 10.1. The second-order valence-electron chi connectivity index (χ2n) is 3.01. The number of aliphatic hydroxyl groups is 1. The smallest absolute Gasteiger partial charge is 0.336 e. The van der Waals surface area contributed by atoms with Crippen LogP contribution in [0.3, 0.4) is 0 Å². The number of aliphatic hydroxyl groups excluding tert-OH is 1. The van der Waals surface area contributed by atoms with Crippen LogP contribution in [-0.4, -0.2) is 27.7 Å². The van der Waals surface area contributed by atoms with Crippen molar-refractivity contribution in [1.29, 1.82) is 0 Å². The van der Waals surface area contributed by atoms with Gasteiger partial charge in [0.1, 0.15) is 0 Å². The van der Waals surface area contributed by atoms with E-state index in [1.165, 1.54) is 11.3 Å². The van der Waals surface area contributed by atoms with E-state index in [0.717, 1.165) is 11.5 Å². The lowest BCUT2D eigenvalue weighted by molar-refractivity contribution is 0.0690. The summed E-state index contributed by atoms with van der Waals surface area (Å²) in [5.41, 5.74) is 0.231. The monoisotopic (exact) mass is 246 g/mol. The minimum atomic E-state index is -0.964. The number of hydrogen-bond acceptors (Lipinski definition) is 4. The first-order valence-electron chi connectivity index (χ1n) is 4.73. The van der Waals surface area contributed by atoms with Crippen molar-refractivity contribution in [1.82, 2.24) is 0 Å². The zero-order chi connectivity index (χ0) is 11.3. The molecule has 0 aliphatic heterocycles. The Morgan fingerprint density at radius 2 is 2.40 bits per heavy atom. The van der Waals surface area contributed by atoms with Crippen LogP contribution in [0.5, 0.6) is 0 Å². The molecule has 5 heteroatoms. The number of rotatable bonds is 6. The summed E-state index contributed by atoms with van der Waals surface area (Å²) in [5, 5.41) is 20.4. The topological polar surface area (TPSA) is 57.5 Å². The number of carboxylic acid groups (broad SMARTS) is 1. The van der Waals surface area contributed by atoms with Gasteiger partial charge in [0.05, 0.1) is 11.7 Å². The summed E-state index contributed by atoms with van der Waals surface area (Å²) in [6, 6.07) is 1.54. The average molecular weight is 246 g/mol. The van der Waals surface area contributed by atoms with Crippen LogP contribution in [0.1, 0.15) is 34.7 Å². The highest BCUT2D eigenvalue weighted by molar-refractivity contribution is 7.99. The highest BCUT2D eigenvalue weighted by atomic mass is 32.2. The molecule has 1 unspecified atom stereocenters. The largest absolute Gasteiger partial charge is 0.478 e. The molecule has 0 bridgehead atoms. The predicted molar refractivity (Wildman–Crippen MR) is 63.9 cm³/mol. The van der Waals surface area contributed by atoms with Gasteiger partial charge in [-0.1, -0.05) is 6.92 Å². The number of thiophene rings is 1. The summed E-state index contributed by atoms with van der Waals surface area (Å²) in [5.74, 6) is 0.908. The van der Waals surface area contributed by atoms with Crippen molar-refractivity contribution in [2.45, 2.75) is 19.4 Å². The third kappa shape index (κ3) is 3.52. The van der Waals surface area contributed by atoms with Crippen LogP contribution >= 0.6 is 23.1 Å². The van der Waals surface area contributed by atoms with Gasteiger partial charge in [0.25, 0.3) is 0 Å². The molecule has 1 heterocycles. The molecule has 0 aliphatic rings. The van der Waals surface area contributed by atoms with Gasteiger partial charge in [0.2, 0.25) is 0 Å². The first kappa shape index (κ1) is 12.5. The number of thioether (sulfide) groups is 1. The Balaban J connectivity index is 2.60. The molecule has 1 atom stereocenters. The van der Waals surface area contributed by atoms with E-state index < -0.39 is 12.1 Å². The Morgan fingerprint density at radius 1 is 1.67 bits per heavy atom. The Morgan fingerprint density at radius 3 is 3.00 bits per heavy atom. The van der Waals surface area contributed by atoms with Crippen molar-refractivity contribution < 1.29 is 15.0 Å². The van der Waals surface area contributed by atoms with E-state index in [1.54, 1.807) is 23.2 Å². The molecule has 0 saturated carbocycles. The Kier molecular flexibility index (Phi) is 5.14. The van der Waals surface area contributed by atoms with Crippen LogP contribution in [0.25, 0.3) is 0 Å². The summed E-state index contributed by atoms with van der Waals surface area (Å²) < 4.78 is 0. The van der Waals surface area contributed by atoms with Gasteiger partial charge >= 0.3 is 5.97 Å². The number of aromatic carboxylic acids is 1. The molecule has 0 saturated heterocycles. The van der Waals surface area contributed by atoms with E-state index in [1.807, 2.05) is 0 Å². The van der Waals surface area contributed by atoms with Gasteiger partial charge in [-0.2, -0.15) is 11.8 Å². The molecule has 1 rings (SSSR count). The maximum Gasteiger partial charge on any atom is 0.336 e. The molecule has 1 aromatic rings. The Bertz CT molecular complexity index is 322. The fraction of sp³-hybridized carbons (Fsp3) is 0.500. The SMILES string of the molecule is CCSCCC(O)c1sccc1C(=O)O. The molecule has 1 aromatic heterocycles. The van der Waals surface area contributed by atoms with Crippen LogP contribution in [0, 0.1) is 0 Å². The molecule has 2 N–H and O–H groups in total. The third-order valence-electron chi connectivity index (χ3n) is 1.97. The van der Waals surface area contributed by atoms with Crippen LogP contribution in [0.2, 0.25) is 0 Å². The summed E-state index contributed by atoms with van der Waals surface area (Å²) in [6.45, 7) is 2.06. The average Bonchev–Trinajstić information content (AvgIpc) is 2.66. The predicted octanol–water partition coefficient (Wildman–Crippen LogP) is 2.62.